The van der Waals surface area contributed by atoms with Crippen molar-refractivity contribution in [1.29, 1.82) is 0 Å². The molecule has 10 rings (SSSR count). The van der Waals surface area contributed by atoms with E-state index >= 15 is 0 Å². The number of esters is 1. The van der Waals surface area contributed by atoms with Gasteiger partial charge in [0.2, 0.25) is 17.7 Å². The molecular weight excluding hydrogens is 957 g/mol. The summed E-state index contributed by atoms with van der Waals surface area (Å²) < 4.78 is 20.9. The largest absolute Gasteiger partial charge is 0.490 e. The summed E-state index contributed by atoms with van der Waals surface area (Å²) in [5, 5.41) is 14.3. The molecule has 3 N–H and O–H groups in total. The number of imide groups is 1. The van der Waals surface area contributed by atoms with Gasteiger partial charge in [-0.2, -0.15) is 5.10 Å². The van der Waals surface area contributed by atoms with Crippen LogP contribution in [0.2, 0.25) is 0 Å². The number of ether oxygens (including phenoxy) is 3. The quantitative estimate of drug-likeness (QED) is 0.0531. The molecule has 0 spiro atoms. The van der Waals surface area contributed by atoms with E-state index in [1.54, 1.807) is 29.9 Å². The number of hydrogen-bond acceptors (Lipinski definition) is 13. The van der Waals surface area contributed by atoms with Gasteiger partial charge in [-0.1, -0.05) is 72.0 Å². The van der Waals surface area contributed by atoms with Gasteiger partial charge in [-0.25, -0.2) is 14.8 Å². The van der Waals surface area contributed by atoms with Gasteiger partial charge in [0.15, 0.2) is 10.8 Å². The number of carbonyl (C=O) groups is 5. The zero-order valence-corrected chi connectivity index (χ0v) is 42.4. The Labute approximate surface area is 431 Å². The van der Waals surface area contributed by atoms with Gasteiger partial charge >= 0.3 is 5.97 Å². The number of amides is 4. The van der Waals surface area contributed by atoms with Crippen LogP contribution in [-0.2, 0) is 45.6 Å². The summed E-state index contributed by atoms with van der Waals surface area (Å²) in [6, 6.07) is 35.8. The molecule has 5 heterocycles. The minimum atomic E-state index is -0.776. The Bertz CT molecular complexity index is 3470. The van der Waals surface area contributed by atoms with E-state index in [0.29, 0.717) is 76.4 Å². The molecule has 2 aliphatic heterocycles. The number of fused-ring (bicyclic) bond motifs is 3. The molecule has 1 saturated heterocycles. The molecule has 2 aliphatic rings. The number of para-hydroxylation sites is 2. The molecule has 0 saturated carbocycles. The number of benzene rings is 5. The van der Waals surface area contributed by atoms with Crippen molar-refractivity contribution >= 4 is 78.7 Å². The second-order valence-electron chi connectivity index (χ2n) is 19.3. The number of piperidine rings is 1. The molecule has 1 atom stereocenters. The topological polar surface area (TPSA) is 196 Å². The average Bonchev–Trinajstić information content (AvgIpc) is 3.95. The monoisotopic (exact) mass is 1010 g/mol. The molecule has 0 radical (unpaired) electrons. The average molecular weight is 1010 g/mol. The predicted octanol–water partition coefficient (Wildman–Crippen LogP) is 9.48. The number of nitrogens with zero attached hydrogens (tertiary/aromatic N) is 5. The van der Waals surface area contributed by atoms with Crippen LogP contribution in [0.1, 0.15) is 88.3 Å². The summed E-state index contributed by atoms with van der Waals surface area (Å²) in [4.78, 5) is 77.1. The van der Waals surface area contributed by atoms with E-state index in [4.69, 9.17) is 19.2 Å². The first kappa shape index (κ1) is 49.2. The highest BCUT2D eigenvalue weighted by molar-refractivity contribution is 7.22. The number of rotatable bonds is 14. The molecule has 8 aromatic rings. The Morgan fingerprint density at radius 1 is 0.824 bits per heavy atom. The maximum absolute atomic E-state index is 14.0. The molecule has 17 heteroatoms. The Kier molecular flexibility index (Phi) is 13.7. The lowest BCUT2D eigenvalue weighted by Gasteiger charge is -2.31. The smallest absolute Gasteiger partial charge is 0.358 e. The highest BCUT2D eigenvalue weighted by Gasteiger charge is 2.33. The second kappa shape index (κ2) is 20.6. The third-order valence-electron chi connectivity index (χ3n) is 13.0. The van der Waals surface area contributed by atoms with Crippen LogP contribution in [0, 0.1) is 6.92 Å². The summed E-state index contributed by atoms with van der Waals surface area (Å²) in [7, 11) is 1.76. The first-order valence-corrected chi connectivity index (χ1v) is 25.3. The van der Waals surface area contributed by atoms with Gasteiger partial charge in [0.1, 0.15) is 36.1 Å². The second-order valence-corrected chi connectivity index (χ2v) is 20.4. The lowest BCUT2D eigenvalue weighted by Crippen LogP contribution is -2.39. The van der Waals surface area contributed by atoms with Crippen molar-refractivity contribution in [2.45, 2.75) is 71.4 Å². The van der Waals surface area contributed by atoms with Crippen LogP contribution in [0.5, 0.6) is 11.5 Å². The van der Waals surface area contributed by atoms with E-state index in [0.717, 1.165) is 43.4 Å². The Balaban J connectivity index is 0.780. The Morgan fingerprint density at radius 2 is 1.61 bits per heavy atom. The van der Waals surface area contributed by atoms with E-state index in [1.807, 2.05) is 125 Å². The fourth-order valence-electron chi connectivity index (χ4n) is 9.54. The highest BCUT2D eigenvalue weighted by Crippen LogP contribution is 2.37. The van der Waals surface area contributed by atoms with Gasteiger partial charge in [-0.15, -0.1) is 0 Å². The number of hydrogen-bond donors (Lipinski definition) is 3. The fraction of sp³-hybridized carbons (Fsp3) is 0.263. The van der Waals surface area contributed by atoms with Crippen LogP contribution >= 0.6 is 11.3 Å². The van der Waals surface area contributed by atoms with E-state index in [-0.39, 0.29) is 55.4 Å². The zero-order chi connectivity index (χ0) is 51.7. The SMILES string of the molecule is Cc1c(OCCOc2ccc(CC(=O)Nc3cccc4c(C5CCC(=O)NC5=O)nn(C)c34)cc2)cccc1-c1ccc(N2CCc3cccc(C(=O)Nc4nc5ccccc5s4)c3C2)nc1C(=O)OC(C)(C)C. The van der Waals surface area contributed by atoms with Gasteiger partial charge in [0.05, 0.1) is 39.5 Å². The molecule has 16 nitrogen and oxygen atoms in total. The maximum atomic E-state index is 14.0. The van der Waals surface area contributed by atoms with Crippen molar-refractivity contribution < 1.29 is 38.2 Å². The maximum Gasteiger partial charge on any atom is 0.358 e. The molecule has 376 valence electrons. The molecule has 3 aromatic heterocycles. The normalized spacial score (nSPS) is 14.6. The number of nitrogens with one attached hydrogen (secondary N) is 3. The number of thiazole rings is 1. The van der Waals surface area contributed by atoms with E-state index < -0.39 is 17.5 Å². The van der Waals surface area contributed by atoms with Crippen molar-refractivity contribution in [3.8, 4) is 22.6 Å². The van der Waals surface area contributed by atoms with Gasteiger partial charge in [-0.05, 0) is 123 Å². The fourth-order valence-corrected chi connectivity index (χ4v) is 10.4. The molecule has 1 unspecified atom stereocenters. The standard InChI is InChI=1S/C57H54N8O8S/c1-33-37(38-23-25-47(60-51(38)55(70)73-57(2,3)4)65-28-27-35-11-8-13-39(42(35)32-65)53(68)62-56-59-43-15-6-7-18-46(43)74-56)12-10-17-45(33)72-30-29-71-36-21-19-34(20-22-36)31-49(67)58-44-16-9-14-40-50(63-64(5)52(40)44)41-24-26-48(66)61-54(41)69/h6-23,25,41H,24,26-32H2,1-5H3,(H,58,67)(H,59,62,68)(H,61,66,69). The first-order valence-electron chi connectivity index (χ1n) is 24.5. The number of aryl methyl sites for hydroxylation is 1. The van der Waals surface area contributed by atoms with E-state index in [9.17, 15) is 24.0 Å². The van der Waals surface area contributed by atoms with Crippen LogP contribution < -0.4 is 30.3 Å². The predicted molar refractivity (Wildman–Crippen MR) is 284 cm³/mol. The number of carbonyl (C=O) groups excluding carboxylic acids is 5. The van der Waals surface area contributed by atoms with Gasteiger partial charge in [-0.3, -0.25) is 34.5 Å². The van der Waals surface area contributed by atoms with Gasteiger partial charge in [0, 0.05) is 43.1 Å². The Morgan fingerprint density at radius 3 is 2.41 bits per heavy atom. The minimum absolute atomic E-state index is 0.113. The summed E-state index contributed by atoms with van der Waals surface area (Å²) in [6.07, 6.45) is 1.41. The number of anilines is 3. The van der Waals surface area contributed by atoms with Gasteiger partial charge < -0.3 is 24.4 Å². The number of aromatic nitrogens is 4. The minimum Gasteiger partial charge on any atom is -0.490 e. The summed E-state index contributed by atoms with van der Waals surface area (Å²) in [6.45, 7) is 8.91. The van der Waals surface area contributed by atoms with Crippen molar-refractivity contribution in [2.75, 3.05) is 35.3 Å². The highest BCUT2D eigenvalue weighted by atomic mass is 32.1. The van der Waals surface area contributed by atoms with Crippen molar-refractivity contribution in [3.63, 3.8) is 0 Å². The summed E-state index contributed by atoms with van der Waals surface area (Å²) in [5.41, 5.74) is 7.53. The molecule has 0 bridgehead atoms. The lowest BCUT2D eigenvalue weighted by molar-refractivity contribution is -0.134. The van der Waals surface area contributed by atoms with Crippen LogP contribution in [-0.4, -0.2) is 74.7 Å². The first-order chi connectivity index (χ1) is 35.7. The summed E-state index contributed by atoms with van der Waals surface area (Å²) in [5.74, 6) is -0.417. The molecule has 0 aliphatic carbocycles. The molecule has 5 aromatic carbocycles. The van der Waals surface area contributed by atoms with Crippen molar-refractivity contribution in [2.24, 2.45) is 7.05 Å². The zero-order valence-electron chi connectivity index (χ0n) is 41.6. The molecule has 74 heavy (non-hydrogen) atoms. The third kappa shape index (κ3) is 10.5. The third-order valence-corrected chi connectivity index (χ3v) is 14.0. The van der Waals surface area contributed by atoms with E-state index in [1.165, 1.54) is 11.3 Å². The van der Waals surface area contributed by atoms with Crippen molar-refractivity contribution in [1.82, 2.24) is 25.1 Å². The molecular formula is C57H54N8O8S. The number of pyridine rings is 1. The molecule has 4 amide bonds. The Hall–Kier alpha value is -8.44. The van der Waals surface area contributed by atoms with Gasteiger partial charge in [0.25, 0.3) is 5.91 Å². The van der Waals surface area contributed by atoms with Crippen LogP contribution in [0.3, 0.4) is 0 Å². The summed E-state index contributed by atoms with van der Waals surface area (Å²) >= 11 is 1.43. The van der Waals surface area contributed by atoms with Crippen LogP contribution in [0.25, 0.3) is 32.2 Å². The van der Waals surface area contributed by atoms with Crippen molar-refractivity contribution in [3.05, 3.63) is 154 Å². The van der Waals surface area contributed by atoms with Crippen LogP contribution in [0.15, 0.2) is 115 Å². The molecule has 1 fully saturated rings. The van der Waals surface area contributed by atoms with E-state index in [2.05, 4.69) is 30.9 Å². The van der Waals surface area contributed by atoms with Crippen LogP contribution in [0.4, 0.5) is 16.6 Å². The lowest BCUT2D eigenvalue weighted by atomic mass is 9.92.